The largest absolute Gasteiger partial charge is 0.476 e. The van der Waals surface area contributed by atoms with E-state index in [0.717, 1.165) is 0 Å². The van der Waals surface area contributed by atoms with E-state index in [2.05, 4.69) is 15.3 Å². The van der Waals surface area contributed by atoms with E-state index in [1.54, 1.807) is 7.05 Å². The van der Waals surface area contributed by atoms with Crippen molar-refractivity contribution in [2.45, 2.75) is 19.8 Å². The SMILES string of the molecule is CNc1cnc(C(C)C)nc1C(=O)O. The summed E-state index contributed by atoms with van der Waals surface area (Å²) in [5, 5.41) is 11.6. The van der Waals surface area contributed by atoms with Crippen LogP contribution in [0.2, 0.25) is 0 Å². The van der Waals surface area contributed by atoms with Crippen LogP contribution in [0.3, 0.4) is 0 Å². The summed E-state index contributed by atoms with van der Waals surface area (Å²) in [6, 6.07) is 0. The van der Waals surface area contributed by atoms with Crippen LogP contribution in [0, 0.1) is 0 Å². The van der Waals surface area contributed by atoms with Gasteiger partial charge in [0.1, 0.15) is 5.82 Å². The summed E-state index contributed by atoms with van der Waals surface area (Å²) in [5.74, 6) is -0.376. The maximum Gasteiger partial charge on any atom is 0.356 e. The molecule has 14 heavy (non-hydrogen) atoms. The molecule has 0 radical (unpaired) electrons. The maximum atomic E-state index is 10.8. The highest BCUT2D eigenvalue weighted by molar-refractivity contribution is 5.91. The molecule has 0 atom stereocenters. The third-order valence-corrected chi connectivity index (χ3v) is 1.80. The molecule has 1 aromatic heterocycles. The molecule has 0 unspecified atom stereocenters. The number of aromatic carboxylic acids is 1. The second-order valence-electron chi connectivity index (χ2n) is 3.20. The van der Waals surface area contributed by atoms with Gasteiger partial charge < -0.3 is 10.4 Å². The van der Waals surface area contributed by atoms with Crippen molar-refractivity contribution in [2.75, 3.05) is 12.4 Å². The van der Waals surface area contributed by atoms with Crippen LogP contribution in [0.5, 0.6) is 0 Å². The zero-order chi connectivity index (χ0) is 10.7. The number of carboxylic acid groups (broad SMARTS) is 1. The smallest absolute Gasteiger partial charge is 0.356 e. The highest BCUT2D eigenvalue weighted by Gasteiger charge is 2.14. The zero-order valence-electron chi connectivity index (χ0n) is 8.40. The first kappa shape index (κ1) is 10.4. The van der Waals surface area contributed by atoms with Crippen LogP contribution in [0.25, 0.3) is 0 Å². The Morgan fingerprint density at radius 1 is 1.57 bits per heavy atom. The fourth-order valence-corrected chi connectivity index (χ4v) is 1.02. The first-order valence-corrected chi connectivity index (χ1v) is 4.34. The van der Waals surface area contributed by atoms with Crippen molar-refractivity contribution < 1.29 is 9.90 Å². The fraction of sp³-hybridized carbons (Fsp3) is 0.444. The Bertz CT molecular complexity index is 350. The molecule has 76 valence electrons. The Morgan fingerprint density at radius 2 is 2.21 bits per heavy atom. The minimum atomic E-state index is -1.04. The molecule has 5 heteroatoms. The summed E-state index contributed by atoms with van der Waals surface area (Å²) in [6.07, 6.45) is 1.49. The summed E-state index contributed by atoms with van der Waals surface area (Å²) in [5.41, 5.74) is 0.452. The Kier molecular flexibility index (Phi) is 3.01. The number of hydrogen-bond donors (Lipinski definition) is 2. The lowest BCUT2D eigenvalue weighted by atomic mass is 10.2. The molecule has 2 N–H and O–H groups in total. The Balaban J connectivity index is 3.21. The second kappa shape index (κ2) is 4.04. The van der Waals surface area contributed by atoms with Gasteiger partial charge in [0.25, 0.3) is 0 Å². The summed E-state index contributed by atoms with van der Waals surface area (Å²) in [7, 11) is 1.64. The van der Waals surface area contributed by atoms with Crippen LogP contribution >= 0.6 is 0 Å². The minimum absolute atomic E-state index is 0.0196. The zero-order valence-corrected chi connectivity index (χ0v) is 8.40. The molecule has 0 spiro atoms. The molecule has 1 heterocycles. The average Bonchev–Trinajstić information content (AvgIpc) is 2.16. The van der Waals surface area contributed by atoms with Crippen LogP contribution in [0.15, 0.2) is 6.20 Å². The van der Waals surface area contributed by atoms with E-state index >= 15 is 0 Å². The van der Waals surface area contributed by atoms with E-state index in [-0.39, 0.29) is 11.6 Å². The number of nitrogens with zero attached hydrogens (tertiary/aromatic N) is 2. The topological polar surface area (TPSA) is 75.1 Å². The molecule has 0 aliphatic rings. The molecule has 0 fully saturated rings. The number of aromatic nitrogens is 2. The molecule has 1 rings (SSSR count). The summed E-state index contributed by atoms with van der Waals surface area (Å²) >= 11 is 0. The molecule has 0 saturated carbocycles. The van der Waals surface area contributed by atoms with Crippen LogP contribution < -0.4 is 5.32 Å². The van der Waals surface area contributed by atoms with Crippen molar-refractivity contribution >= 4 is 11.7 Å². The summed E-state index contributed by atoms with van der Waals surface area (Å²) < 4.78 is 0. The van der Waals surface area contributed by atoms with Crippen LogP contribution in [0.1, 0.15) is 36.1 Å². The van der Waals surface area contributed by atoms with Crippen molar-refractivity contribution in [3.8, 4) is 0 Å². The predicted octanol–water partition coefficient (Wildman–Crippen LogP) is 1.34. The van der Waals surface area contributed by atoms with Crippen molar-refractivity contribution in [1.82, 2.24) is 9.97 Å². The van der Waals surface area contributed by atoms with Gasteiger partial charge in [0.2, 0.25) is 0 Å². The quantitative estimate of drug-likeness (QED) is 0.761. The summed E-state index contributed by atoms with van der Waals surface area (Å²) in [4.78, 5) is 18.8. The maximum absolute atomic E-state index is 10.8. The van der Waals surface area contributed by atoms with Crippen molar-refractivity contribution in [1.29, 1.82) is 0 Å². The van der Waals surface area contributed by atoms with E-state index in [0.29, 0.717) is 11.5 Å². The highest BCUT2D eigenvalue weighted by Crippen LogP contribution is 2.15. The monoisotopic (exact) mass is 195 g/mol. The molecule has 0 bridgehead atoms. The van der Waals surface area contributed by atoms with E-state index in [4.69, 9.17) is 5.11 Å². The molecular formula is C9H13N3O2. The van der Waals surface area contributed by atoms with Gasteiger partial charge in [0, 0.05) is 13.0 Å². The van der Waals surface area contributed by atoms with Gasteiger partial charge in [-0.2, -0.15) is 0 Å². The number of rotatable bonds is 3. The van der Waals surface area contributed by atoms with Crippen molar-refractivity contribution in [2.24, 2.45) is 0 Å². The molecule has 0 amide bonds. The highest BCUT2D eigenvalue weighted by atomic mass is 16.4. The molecule has 5 nitrogen and oxygen atoms in total. The van der Waals surface area contributed by atoms with Gasteiger partial charge in [-0.25, -0.2) is 14.8 Å². The fourth-order valence-electron chi connectivity index (χ4n) is 1.02. The number of carboxylic acids is 1. The van der Waals surface area contributed by atoms with Gasteiger partial charge in [0.15, 0.2) is 5.69 Å². The molecule has 0 aromatic carbocycles. The third-order valence-electron chi connectivity index (χ3n) is 1.80. The Morgan fingerprint density at radius 3 is 2.64 bits per heavy atom. The van der Waals surface area contributed by atoms with Crippen LogP contribution in [-0.4, -0.2) is 28.1 Å². The number of anilines is 1. The number of hydrogen-bond acceptors (Lipinski definition) is 4. The van der Waals surface area contributed by atoms with E-state index in [1.165, 1.54) is 6.20 Å². The lowest BCUT2D eigenvalue weighted by molar-refractivity contribution is 0.0691. The normalized spacial score (nSPS) is 10.3. The lowest BCUT2D eigenvalue weighted by Crippen LogP contribution is -2.10. The van der Waals surface area contributed by atoms with Gasteiger partial charge in [-0.15, -0.1) is 0 Å². The van der Waals surface area contributed by atoms with Gasteiger partial charge in [-0.3, -0.25) is 0 Å². The van der Waals surface area contributed by atoms with Crippen LogP contribution in [-0.2, 0) is 0 Å². The molecule has 0 saturated heterocycles. The van der Waals surface area contributed by atoms with E-state index in [1.807, 2.05) is 13.8 Å². The van der Waals surface area contributed by atoms with Crippen molar-refractivity contribution in [3.63, 3.8) is 0 Å². The molecule has 1 aromatic rings. The van der Waals surface area contributed by atoms with Gasteiger partial charge in [0.05, 0.1) is 11.9 Å². The molecular weight excluding hydrogens is 182 g/mol. The predicted molar refractivity (Wildman–Crippen MR) is 52.6 cm³/mol. The standard InChI is InChI=1S/C9H13N3O2/c1-5(2)8-11-4-6(10-3)7(12-8)9(13)14/h4-5,10H,1-3H3,(H,13,14). The summed E-state index contributed by atoms with van der Waals surface area (Å²) in [6.45, 7) is 3.83. The van der Waals surface area contributed by atoms with Gasteiger partial charge >= 0.3 is 5.97 Å². The van der Waals surface area contributed by atoms with Crippen molar-refractivity contribution in [3.05, 3.63) is 17.7 Å². The second-order valence-corrected chi connectivity index (χ2v) is 3.20. The average molecular weight is 195 g/mol. The first-order valence-electron chi connectivity index (χ1n) is 4.34. The lowest BCUT2D eigenvalue weighted by Gasteiger charge is -2.07. The molecule has 0 aliphatic carbocycles. The number of nitrogens with one attached hydrogen (secondary N) is 1. The first-order chi connectivity index (χ1) is 6.56. The number of carbonyl (C=O) groups is 1. The minimum Gasteiger partial charge on any atom is -0.476 e. The van der Waals surface area contributed by atoms with Crippen LogP contribution in [0.4, 0.5) is 5.69 Å². The third kappa shape index (κ3) is 1.99. The Labute approximate surface area is 82.2 Å². The van der Waals surface area contributed by atoms with E-state index in [9.17, 15) is 4.79 Å². The van der Waals surface area contributed by atoms with Gasteiger partial charge in [-0.1, -0.05) is 13.8 Å². The molecule has 0 aliphatic heterocycles. The van der Waals surface area contributed by atoms with Gasteiger partial charge in [-0.05, 0) is 0 Å². The van der Waals surface area contributed by atoms with E-state index < -0.39 is 5.97 Å². The Hall–Kier alpha value is -1.65.